The van der Waals surface area contributed by atoms with Crippen molar-refractivity contribution in [3.8, 4) is 0 Å². The highest BCUT2D eigenvalue weighted by Crippen LogP contribution is 2.56. The zero-order chi connectivity index (χ0) is 36.7. The van der Waals surface area contributed by atoms with Gasteiger partial charge in [0.05, 0.1) is 6.10 Å². The first-order valence-electron chi connectivity index (χ1n) is 18.7. The van der Waals surface area contributed by atoms with E-state index in [2.05, 4.69) is 120 Å². The van der Waals surface area contributed by atoms with Gasteiger partial charge in [-0.05, 0) is 111 Å². The molecule has 0 heterocycles. The molecule has 0 N–H and O–H groups in total. The van der Waals surface area contributed by atoms with Gasteiger partial charge >= 0.3 is 5.97 Å². The van der Waals surface area contributed by atoms with Gasteiger partial charge in [0.1, 0.15) is 12.2 Å². The van der Waals surface area contributed by atoms with Crippen LogP contribution in [-0.2, 0) is 23.1 Å². The van der Waals surface area contributed by atoms with E-state index >= 15 is 0 Å². The van der Waals surface area contributed by atoms with Crippen LogP contribution in [0.15, 0.2) is 47.1 Å². The maximum Gasteiger partial charge on any atom is 0.332 e. The zero-order valence-corrected chi connectivity index (χ0v) is 35.9. The highest BCUT2D eigenvalue weighted by molar-refractivity contribution is 6.74. The molecule has 0 aromatic rings. The summed E-state index contributed by atoms with van der Waals surface area (Å²) in [6.07, 6.45) is 13.8. The maximum absolute atomic E-state index is 13.4. The van der Waals surface area contributed by atoms with E-state index in [0.717, 1.165) is 30.4 Å². The minimum absolute atomic E-state index is 0.0195. The van der Waals surface area contributed by atoms with Gasteiger partial charge in [-0.2, -0.15) is 0 Å². The molecule has 2 fully saturated rings. The topological polar surface area (TPSA) is 54.0 Å². The summed E-state index contributed by atoms with van der Waals surface area (Å²) >= 11 is 0. The molecule has 0 aromatic carbocycles. The molecule has 3 aliphatic carbocycles. The molecule has 3 rings (SSSR count). The minimum Gasteiger partial charge on any atom is -0.458 e. The van der Waals surface area contributed by atoms with Gasteiger partial charge in [-0.25, -0.2) is 4.79 Å². The number of rotatable bonds is 11. The van der Waals surface area contributed by atoms with Gasteiger partial charge in [0, 0.05) is 12.8 Å². The highest BCUT2D eigenvalue weighted by Gasteiger charge is 2.52. The second-order valence-electron chi connectivity index (χ2n) is 19.1. The molecule has 0 spiro atoms. The summed E-state index contributed by atoms with van der Waals surface area (Å²) in [4.78, 5) is 13.4. The molecule has 0 radical (unpaired) electrons. The van der Waals surface area contributed by atoms with E-state index in [4.69, 9.17) is 18.3 Å². The third-order valence-electron chi connectivity index (χ3n) is 13.1. The number of carbonyl (C=O) groups excluding carboxylic acids is 1. The Bertz CT molecular complexity index is 1290. The Balaban J connectivity index is 2.11. The van der Waals surface area contributed by atoms with Crippen molar-refractivity contribution in [2.45, 2.75) is 182 Å². The fraction of sp³-hybridized carbons (Fsp3) is 0.780. The Hall–Kier alpha value is -1.26. The van der Waals surface area contributed by atoms with E-state index in [-0.39, 0.29) is 40.1 Å². The molecular formula is C41H72O5Si2. The third kappa shape index (κ3) is 8.96. The molecule has 0 bridgehead atoms. The summed E-state index contributed by atoms with van der Waals surface area (Å²) in [7, 11) is -4.58. The first-order chi connectivity index (χ1) is 21.7. The largest absolute Gasteiger partial charge is 0.458 e. The summed E-state index contributed by atoms with van der Waals surface area (Å²) < 4.78 is 27.2. The van der Waals surface area contributed by atoms with E-state index in [1.165, 1.54) is 18.4 Å². The number of hydrogen-bond donors (Lipinski definition) is 0. The summed E-state index contributed by atoms with van der Waals surface area (Å²) in [5.74, 6) is -0.689. The molecule has 0 aliphatic heterocycles. The predicted molar refractivity (Wildman–Crippen MR) is 207 cm³/mol. The molecule has 274 valence electrons. The molecule has 5 nitrogen and oxygen atoms in total. The Morgan fingerprint density at radius 1 is 1.02 bits per heavy atom. The lowest BCUT2D eigenvalue weighted by molar-refractivity contribution is -0.220. The lowest BCUT2D eigenvalue weighted by Crippen LogP contribution is -2.56. The van der Waals surface area contributed by atoms with Gasteiger partial charge in [-0.15, -0.1) is 0 Å². The Morgan fingerprint density at radius 2 is 1.62 bits per heavy atom. The van der Waals surface area contributed by atoms with E-state index in [9.17, 15) is 4.79 Å². The first kappa shape index (κ1) is 41.2. The zero-order valence-electron chi connectivity index (χ0n) is 33.9. The van der Waals surface area contributed by atoms with Crippen molar-refractivity contribution in [1.29, 1.82) is 0 Å². The average molecular weight is 701 g/mol. The van der Waals surface area contributed by atoms with Crippen LogP contribution in [0.4, 0.5) is 0 Å². The van der Waals surface area contributed by atoms with Crippen LogP contribution in [0, 0.1) is 17.3 Å². The number of allylic oxidation sites excluding steroid dienone is 5. The van der Waals surface area contributed by atoms with Crippen molar-refractivity contribution in [3.05, 3.63) is 47.1 Å². The molecule has 7 heteroatoms. The van der Waals surface area contributed by atoms with Crippen LogP contribution in [0.3, 0.4) is 0 Å². The van der Waals surface area contributed by atoms with Gasteiger partial charge in [0.15, 0.2) is 22.4 Å². The number of hydrogen-bond acceptors (Lipinski definition) is 5. The number of esters is 1. The van der Waals surface area contributed by atoms with Gasteiger partial charge in [-0.3, -0.25) is 0 Å². The van der Waals surface area contributed by atoms with Gasteiger partial charge < -0.3 is 18.3 Å². The van der Waals surface area contributed by atoms with Crippen LogP contribution in [0.5, 0.6) is 0 Å². The van der Waals surface area contributed by atoms with Crippen LogP contribution < -0.4 is 0 Å². The molecule has 4 atom stereocenters. The fourth-order valence-electron chi connectivity index (χ4n) is 7.03. The summed E-state index contributed by atoms with van der Waals surface area (Å²) in [5.41, 5.74) is 4.93. The molecule has 0 amide bonds. The molecule has 2 saturated carbocycles. The van der Waals surface area contributed by atoms with Crippen LogP contribution in [0.25, 0.3) is 0 Å². The molecule has 3 aliphatic rings. The predicted octanol–water partition coefficient (Wildman–Crippen LogP) is 11.8. The molecule has 0 saturated heterocycles. The summed E-state index contributed by atoms with van der Waals surface area (Å²) in [5, 5.41) is -0.0375. The van der Waals surface area contributed by atoms with Gasteiger partial charge in [0.2, 0.25) is 0 Å². The quantitative estimate of drug-likeness (QED) is 0.0929. The number of carbonyl (C=O) groups is 1. The second kappa shape index (κ2) is 14.4. The van der Waals surface area contributed by atoms with Crippen LogP contribution in [0.2, 0.25) is 36.3 Å². The number of fused-ring (bicyclic) bond motifs is 1. The third-order valence-corrected chi connectivity index (χ3v) is 22.0. The van der Waals surface area contributed by atoms with E-state index in [1.54, 1.807) is 5.57 Å². The lowest BCUT2D eigenvalue weighted by atomic mass is 9.64. The average Bonchev–Trinajstić information content (AvgIpc) is 3.27. The second-order valence-corrected chi connectivity index (χ2v) is 28.6. The van der Waals surface area contributed by atoms with Gasteiger partial charge in [0.25, 0.3) is 0 Å². The van der Waals surface area contributed by atoms with Crippen LogP contribution >= 0.6 is 0 Å². The summed E-state index contributed by atoms with van der Waals surface area (Å²) in [6, 6.07) is 0. The van der Waals surface area contributed by atoms with Crippen molar-refractivity contribution < 1.29 is 23.1 Å². The van der Waals surface area contributed by atoms with E-state index in [0.29, 0.717) is 18.8 Å². The van der Waals surface area contributed by atoms with Crippen LogP contribution in [-0.4, -0.2) is 46.7 Å². The van der Waals surface area contributed by atoms with Crippen molar-refractivity contribution in [3.63, 3.8) is 0 Å². The first-order valence-corrected chi connectivity index (χ1v) is 24.5. The smallest absolute Gasteiger partial charge is 0.332 e. The van der Waals surface area contributed by atoms with Crippen molar-refractivity contribution in [2.24, 2.45) is 17.3 Å². The molecule has 0 aromatic heterocycles. The molecule has 0 unspecified atom stereocenters. The maximum atomic E-state index is 13.4. The lowest BCUT2D eigenvalue weighted by Gasteiger charge is -2.51. The van der Waals surface area contributed by atoms with Gasteiger partial charge in [-0.1, -0.05) is 105 Å². The summed E-state index contributed by atoms with van der Waals surface area (Å²) in [6.45, 7) is 40.0. The monoisotopic (exact) mass is 700 g/mol. The van der Waals surface area contributed by atoms with Crippen molar-refractivity contribution >= 4 is 22.6 Å². The molecular weight excluding hydrogens is 629 g/mol. The Morgan fingerprint density at radius 3 is 2.17 bits per heavy atom. The minimum atomic E-state index is -2.37. The SMILES string of the molecule is C=C1C(=CC=C2CCC[C@]3(C)C(CC)=CC[C@@H]23)C[C@@](OCC(=O)OC(C)(C)C(C)C)(O[Si](C)(C)C(C)(C)C)C[C@@H]1O[Si](C)(C)C(C)(C)C. The normalized spacial score (nSPS) is 29.4. The highest BCUT2D eigenvalue weighted by atomic mass is 28.4. The Labute approximate surface area is 297 Å². The van der Waals surface area contributed by atoms with Crippen molar-refractivity contribution in [2.75, 3.05) is 6.61 Å². The van der Waals surface area contributed by atoms with Crippen LogP contribution in [0.1, 0.15) is 128 Å². The molecule has 48 heavy (non-hydrogen) atoms. The number of ether oxygens (including phenoxy) is 2. The van der Waals surface area contributed by atoms with E-state index in [1.807, 2.05) is 13.8 Å². The Kier molecular flexibility index (Phi) is 12.4. The van der Waals surface area contributed by atoms with E-state index < -0.39 is 28.0 Å². The standard InChI is InChI=1S/C41H72O5Si2/c1-18-33-23-24-34-31(20-19-25-40(33,34)13)21-22-32-26-41(46-48(16,17)38(8,9)10,43-28-36(42)44-39(11,12)29(2)3)27-35(30(32)4)45-47(14,15)37(5,6)7/h21-23,29,34-35H,4,18-20,24-28H2,1-3,5-17H3/t34-,35-,40+,41+/m0/s1. The van der Waals surface area contributed by atoms with Crippen molar-refractivity contribution in [1.82, 2.24) is 0 Å². The fourth-order valence-corrected chi connectivity index (χ4v) is 9.77.